The molecule has 1 aromatic heterocycles. The Morgan fingerprint density at radius 2 is 2.11 bits per heavy atom. The van der Waals surface area contributed by atoms with Gasteiger partial charge in [0.25, 0.3) is 0 Å². The first-order chi connectivity index (χ1) is 9.13. The van der Waals surface area contributed by atoms with Crippen molar-refractivity contribution in [2.75, 3.05) is 0 Å². The van der Waals surface area contributed by atoms with E-state index in [2.05, 4.69) is 4.98 Å². The number of fused-ring (bicyclic) bond motifs is 1. The van der Waals surface area contributed by atoms with Crippen molar-refractivity contribution < 1.29 is 4.79 Å². The van der Waals surface area contributed by atoms with E-state index < -0.39 is 0 Å². The van der Waals surface area contributed by atoms with Crippen LogP contribution in [0.4, 0.5) is 0 Å². The Morgan fingerprint density at radius 3 is 2.84 bits per heavy atom. The Labute approximate surface area is 116 Å². The molecule has 2 aromatic rings. The number of halogens is 1. The third kappa shape index (κ3) is 2.32. The Balaban J connectivity index is 1.97. The number of aryl methyl sites for hydroxylation is 1. The van der Waals surface area contributed by atoms with E-state index in [9.17, 15) is 4.79 Å². The number of ketones is 1. The van der Waals surface area contributed by atoms with Gasteiger partial charge >= 0.3 is 0 Å². The van der Waals surface area contributed by atoms with Crippen LogP contribution in [0.1, 0.15) is 27.2 Å². The van der Waals surface area contributed by atoms with Crippen molar-refractivity contribution in [3.8, 4) is 0 Å². The molecule has 0 fully saturated rings. The second-order valence-electron chi connectivity index (χ2n) is 4.71. The summed E-state index contributed by atoms with van der Waals surface area (Å²) in [5, 5.41) is 0.602. The monoisotopic (exact) mass is 269 g/mol. The summed E-state index contributed by atoms with van der Waals surface area (Å²) in [6.07, 6.45) is 4.35. The third-order valence-corrected chi connectivity index (χ3v) is 3.50. The van der Waals surface area contributed by atoms with E-state index in [4.69, 9.17) is 11.6 Å². The van der Waals surface area contributed by atoms with Crippen LogP contribution in [0.5, 0.6) is 0 Å². The minimum atomic E-state index is 0.0677. The second kappa shape index (κ2) is 4.63. The van der Waals surface area contributed by atoms with Crippen molar-refractivity contribution in [1.29, 1.82) is 0 Å². The number of aromatic nitrogens is 1. The Kier molecular flexibility index (Phi) is 2.96. The smallest absolute Gasteiger partial charge is 0.189 e. The van der Waals surface area contributed by atoms with E-state index in [1.54, 1.807) is 12.3 Å². The third-order valence-electron chi connectivity index (χ3n) is 3.26. The van der Waals surface area contributed by atoms with Gasteiger partial charge in [0, 0.05) is 34.5 Å². The number of benzene rings is 1. The van der Waals surface area contributed by atoms with Gasteiger partial charge in [0.1, 0.15) is 0 Å². The molecular formula is C16H12ClNO. The van der Waals surface area contributed by atoms with Crippen LogP contribution in [0.3, 0.4) is 0 Å². The molecule has 0 saturated heterocycles. The topological polar surface area (TPSA) is 30.0 Å². The van der Waals surface area contributed by atoms with Crippen LogP contribution in [-0.4, -0.2) is 10.8 Å². The number of nitrogens with zero attached hydrogens (tertiary/aromatic N) is 1. The first-order valence-corrected chi connectivity index (χ1v) is 6.47. The second-order valence-corrected chi connectivity index (χ2v) is 5.15. The molecule has 1 aliphatic rings. The van der Waals surface area contributed by atoms with Crippen molar-refractivity contribution in [3.63, 3.8) is 0 Å². The average Bonchev–Trinajstić information content (AvgIpc) is 2.70. The summed E-state index contributed by atoms with van der Waals surface area (Å²) in [5.74, 6) is 0.0677. The summed E-state index contributed by atoms with van der Waals surface area (Å²) in [6, 6.07) is 9.40. The molecule has 0 bridgehead atoms. The molecule has 19 heavy (non-hydrogen) atoms. The van der Waals surface area contributed by atoms with E-state index in [0.29, 0.717) is 11.4 Å². The lowest BCUT2D eigenvalue weighted by Gasteiger charge is -1.97. The predicted molar refractivity (Wildman–Crippen MR) is 76.4 cm³/mol. The van der Waals surface area contributed by atoms with Crippen molar-refractivity contribution >= 4 is 23.5 Å². The highest BCUT2D eigenvalue weighted by Gasteiger charge is 2.24. The number of hydrogen-bond donors (Lipinski definition) is 0. The lowest BCUT2D eigenvalue weighted by atomic mass is 10.1. The minimum Gasteiger partial charge on any atom is -0.289 e. The summed E-state index contributed by atoms with van der Waals surface area (Å²) in [6.45, 7) is 1.94. The zero-order valence-corrected chi connectivity index (χ0v) is 11.2. The standard InChI is InChI=1S/C16H12ClNO/c1-10-2-3-11(9-18-10)6-13-7-12-4-5-14(17)8-15(12)16(13)19/h2-6,8-9H,7H2,1H3/b13-6+. The fourth-order valence-electron chi connectivity index (χ4n) is 2.26. The fraction of sp³-hybridized carbons (Fsp3) is 0.125. The number of carbonyl (C=O) groups is 1. The molecule has 0 radical (unpaired) electrons. The molecule has 1 aromatic carbocycles. The lowest BCUT2D eigenvalue weighted by molar-refractivity contribution is 0.104. The van der Waals surface area contributed by atoms with Crippen LogP contribution in [-0.2, 0) is 6.42 Å². The van der Waals surface area contributed by atoms with Gasteiger partial charge in [0.05, 0.1) is 0 Å². The molecule has 3 heteroatoms. The molecule has 0 saturated carbocycles. The van der Waals surface area contributed by atoms with Crippen LogP contribution >= 0.6 is 11.6 Å². The summed E-state index contributed by atoms with van der Waals surface area (Å²) < 4.78 is 0. The zero-order chi connectivity index (χ0) is 13.4. The molecular weight excluding hydrogens is 258 g/mol. The first-order valence-electron chi connectivity index (χ1n) is 6.10. The van der Waals surface area contributed by atoms with Gasteiger partial charge in [0.15, 0.2) is 5.78 Å². The number of carbonyl (C=O) groups excluding carboxylic acids is 1. The van der Waals surface area contributed by atoms with E-state index in [1.165, 1.54) is 0 Å². The van der Waals surface area contributed by atoms with Crippen LogP contribution in [0.15, 0.2) is 42.1 Å². The SMILES string of the molecule is Cc1ccc(/C=C2\Cc3ccc(Cl)cc3C2=O)cn1. The van der Waals surface area contributed by atoms with Crippen molar-refractivity contribution in [2.24, 2.45) is 0 Å². The lowest BCUT2D eigenvalue weighted by Crippen LogP contribution is -1.95. The largest absolute Gasteiger partial charge is 0.289 e. The number of pyridine rings is 1. The van der Waals surface area contributed by atoms with Gasteiger partial charge in [-0.1, -0.05) is 23.7 Å². The molecule has 0 N–H and O–H groups in total. The van der Waals surface area contributed by atoms with Gasteiger partial charge in [-0.2, -0.15) is 0 Å². The molecule has 94 valence electrons. The van der Waals surface area contributed by atoms with Gasteiger partial charge in [-0.25, -0.2) is 0 Å². The molecule has 0 amide bonds. The number of hydrogen-bond acceptors (Lipinski definition) is 2. The van der Waals surface area contributed by atoms with Crippen molar-refractivity contribution in [2.45, 2.75) is 13.3 Å². The molecule has 1 heterocycles. The number of allylic oxidation sites excluding steroid dienone is 1. The fourth-order valence-corrected chi connectivity index (χ4v) is 2.43. The molecule has 0 spiro atoms. The summed E-state index contributed by atoms with van der Waals surface area (Å²) in [4.78, 5) is 16.5. The maximum Gasteiger partial charge on any atom is 0.189 e. The summed E-state index contributed by atoms with van der Waals surface area (Å²) in [5.41, 5.74) is 4.48. The summed E-state index contributed by atoms with van der Waals surface area (Å²) >= 11 is 5.93. The van der Waals surface area contributed by atoms with Crippen LogP contribution in [0, 0.1) is 6.92 Å². The van der Waals surface area contributed by atoms with Gasteiger partial charge < -0.3 is 0 Å². The van der Waals surface area contributed by atoms with Crippen LogP contribution < -0.4 is 0 Å². The number of rotatable bonds is 1. The highest BCUT2D eigenvalue weighted by atomic mass is 35.5. The highest BCUT2D eigenvalue weighted by Crippen LogP contribution is 2.29. The molecule has 2 nitrogen and oxygen atoms in total. The van der Waals surface area contributed by atoms with Gasteiger partial charge in [-0.15, -0.1) is 0 Å². The maximum absolute atomic E-state index is 12.3. The molecule has 3 rings (SSSR count). The quantitative estimate of drug-likeness (QED) is 0.736. The number of Topliss-reactive ketones (excluding diaryl/α,β-unsaturated/α-hetero) is 1. The molecule has 0 atom stereocenters. The average molecular weight is 270 g/mol. The Hall–Kier alpha value is -1.93. The van der Waals surface area contributed by atoms with Gasteiger partial charge in [-0.05, 0) is 42.3 Å². The normalized spacial score (nSPS) is 15.9. The maximum atomic E-state index is 12.3. The van der Waals surface area contributed by atoms with Crippen LogP contribution in [0.2, 0.25) is 5.02 Å². The Morgan fingerprint density at radius 1 is 1.26 bits per heavy atom. The molecule has 0 unspecified atom stereocenters. The van der Waals surface area contributed by atoms with E-state index in [-0.39, 0.29) is 5.78 Å². The predicted octanol–water partition coefficient (Wildman–Crippen LogP) is 3.87. The highest BCUT2D eigenvalue weighted by molar-refractivity contribution is 6.31. The van der Waals surface area contributed by atoms with Gasteiger partial charge in [0.2, 0.25) is 0 Å². The van der Waals surface area contributed by atoms with Crippen molar-refractivity contribution in [1.82, 2.24) is 4.98 Å². The van der Waals surface area contributed by atoms with E-state index >= 15 is 0 Å². The van der Waals surface area contributed by atoms with Crippen LogP contribution in [0.25, 0.3) is 6.08 Å². The molecule has 1 aliphatic carbocycles. The first kappa shape index (κ1) is 12.1. The minimum absolute atomic E-state index is 0.0677. The summed E-state index contributed by atoms with van der Waals surface area (Å²) in [7, 11) is 0. The van der Waals surface area contributed by atoms with E-state index in [1.807, 2.05) is 37.3 Å². The molecule has 0 aliphatic heterocycles. The van der Waals surface area contributed by atoms with E-state index in [0.717, 1.165) is 28.0 Å². The van der Waals surface area contributed by atoms with Gasteiger partial charge in [-0.3, -0.25) is 9.78 Å². The Bertz CT molecular complexity index is 686. The zero-order valence-electron chi connectivity index (χ0n) is 10.5. The van der Waals surface area contributed by atoms with Crippen molar-refractivity contribution in [3.05, 3.63) is 69.5 Å².